The van der Waals surface area contributed by atoms with Gasteiger partial charge >= 0.3 is 5.97 Å². The van der Waals surface area contributed by atoms with Gasteiger partial charge in [0.1, 0.15) is 15.6 Å². The molecule has 1 aromatic heterocycles. The smallest absolute Gasteiger partial charge is 0.349 e. The van der Waals surface area contributed by atoms with E-state index in [9.17, 15) is 22.4 Å². The molecule has 0 atom stereocenters. The number of sulfonamides is 1. The van der Waals surface area contributed by atoms with Crippen LogP contribution in [0.3, 0.4) is 0 Å². The number of thiophene rings is 1. The quantitative estimate of drug-likeness (QED) is 0.697. The number of hydrogen-bond donors (Lipinski definition) is 1. The zero-order chi connectivity index (χ0) is 21.0. The van der Waals surface area contributed by atoms with Crippen molar-refractivity contribution in [3.8, 4) is 0 Å². The Morgan fingerprint density at radius 3 is 2.59 bits per heavy atom. The van der Waals surface area contributed by atoms with Crippen LogP contribution in [0.15, 0.2) is 40.6 Å². The second-order valence-corrected chi connectivity index (χ2v) is 9.32. The number of hydrogen-bond acceptors (Lipinski definition) is 6. The molecule has 0 spiro atoms. The summed E-state index contributed by atoms with van der Waals surface area (Å²) in [6, 6.07) is 7.22. The minimum Gasteiger partial charge on any atom is -0.465 e. The SMILES string of the molecule is COC(=O)c1sccc1S(=O)(=O)NCC1CCN(C(=O)c2ccccc2F)CC1. The van der Waals surface area contributed by atoms with E-state index in [1.807, 2.05) is 0 Å². The lowest BCUT2D eigenvalue weighted by atomic mass is 9.96. The van der Waals surface area contributed by atoms with Crippen LogP contribution in [0.1, 0.15) is 32.9 Å². The van der Waals surface area contributed by atoms with Gasteiger partial charge in [0.25, 0.3) is 5.91 Å². The van der Waals surface area contributed by atoms with Crippen molar-refractivity contribution in [3.63, 3.8) is 0 Å². The Morgan fingerprint density at radius 1 is 1.24 bits per heavy atom. The molecular weight excluding hydrogens is 419 g/mol. The molecule has 29 heavy (non-hydrogen) atoms. The summed E-state index contributed by atoms with van der Waals surface area (Å²) in [5, 5.41) is 1.52. The van der Waals surface area contributed by atoms with E-state index in [4.69, 9.17) is 0 Å². The maximum Gasteiger partial charge on any atom is 0.349 e. The fourth-order valence-electron chi connectivity index (χ4n) is 3.20. The Morgan fingerprint density at radius 2 is 1.93 bits per heavy atom. The van der Waals surface area contributed by atoms with E-state index in [0.29, 0.717) is 25.9 Å². The molecule has 3 rings (SSSR count). The summed E-state index contributed by atoms with van der Waals surface area (Å²) >= 11 is 1.00. The van der Waals surface area contributed by atoms with Gasteiger partial charge < -0.3 is 9.64 Å². The molecule has 2 heterocycles. The van der Waals surface area contributed by atoms with Gasteiger partial charge in [-0.15, -0.1) is 11.3 Å². The van der Waals surface area contributed by atoms with Crippen LogP contribution in [-0.2, 0) is 14.8 Å². The predicted molar refractivity (Wildman–Crippen MR) is 106 cm³/mol. The molecule has 1 aliphatic heterocycles. The number of ether oxygens (including phenoxy) is 1. The second kappa shape index (κ2) is 9.02. The first kappa shape index (κ1) is 21.4. The Kier molecular flexibility index (Phi) is 6.66. The Balaban J connectivity index is 1.56. The summed E-state index contributed by atoms with van der Waals surface area (Å²) < 4.78 is 46.1. The highest BCUT2D eigenvalue weighted by Crippen LogP contribution is 2.24. The zero-order valence-corrected chi connectivity index (χ0v) is 17.4. The van der Waals surface area contributed by atoms with E-state index in [2.05, 4.69) is 9.46 Å². The highest BCUT2D eigenvalue weighted by atomic mass is 32.2. The van der Waals surface area contributed by atoms with Gasteiger partial charge in [0.05, 0.1) is 12.7 Å². The average Bonchev–Trinajstić information content (AvgIpc) is 3.23. The maximum absolute atomic E-state index is 13.8. The van der Waals surface area contributed by atoms with Crippen LogP contribution in [0, 0.1) is 11.7 Å². The molecule has 1 fully saturated rings. The van der Waals surface area contributed by atoms with E-state index < -0.39 is 21.8 Å². The van der Waals surface area contributed by atoms with Crippen molar-refractivity contribution in [2.45, 2.75) is 17.7 Å². The molecule has 0 radical (unpaired) electrons. The predicted octanol–water partition coefficient (Wildman–Crippen LogP) is 2.50. The number of likely N-dealkylation sites (tertiary alicyclic amines) is 1. The number of carbonyl (C=O) groups excluding carboxylic acids is 2. The van der Waals surface area contributed by atoms with Crippen LogP contribution in [-0.4, -0.2) is 51.9 Å². The molecule has 2 aromatic rings. The van der Waals surface area contributed by atoms with E-state index in [0.717, 1.165) is 11.3 Å². The summed E-state index contributed by atoms with van der Waals surface area (Å²) in [6.07, 6.45) is 1.19. The molecular formula is C19H21FN2O5S2. The highest BCUT2D eigenvalue weighted by Gasteiger charge is 2.28. The van der Waals surface area contributed by atoms with Gasteiger partial charge in [0.2, 0.25) is 10.0 Å². The molecule has 1 amide bonds. The summed E-state index contributed by atoms with van der Waals surface area (Å²) in [5.74, 6) is -1.57. The van der Waals surface area contributed by atoms with E-state index in [-0.39, 0.29) is 33.7 Å². The summed E-state index contributed by atoms with van der Waals surface area (Å²) in [6.45, 7) is 1.04. The summed E-state index contributed by atoms with van der Waals surface area (Å²) in [5.41, 5.74) is 0.0412. The monoisotopic (exact) mass is 440 g/mol. The maximum atomic E-state index is 13.8. The molecule has 0 unspecified atom stereocenters. The second-order valence-electron chi connectivity index (χ2n) is 6.67. The summed E-state index contributed by atoms with van der Waals surface area (Å²) in [4.78, 5) is 25.7. The first-order valence-corrected chi connectivity index (χ1v) is 11.4. The lowest BCUT2D eigenvalue weighted by Crippen LogP contribution is -2.41. The Bertz CT molecular complexity index is 998. The van der Waals surface area contributed by atoms with Crippen molar-refractivity contribution in [2.24, 2.45) is 5.92 Å². The van der Waals surface area contributed by atoms with Crippen molar-refractivity contribution in [2.75, 3.05) is 26.7 Å². The van der Waals surface area contributed by atoms with Gasteiger partial charge in [-0.05, 0) is 42.3 Å². The van der Waals surface area contributed by atoms with Crippen LogP contribution >= 0.6 is 11.3 Å². The highest BCUT2D eigenvalue weighted by molar-refractivity contribution is 7.89. The Labute approximate surface area is 172 Å². The molecule has 0 saturated carbocycles. The van der Waals surface area contributed by atoms with Crippen LogP contribution < -0.4 is 4.72 Å². The van der Waals surface area contributed by atoms with Crippen molar-refractivity contribution in [1.29, 1.82) is 0 Å². The van der Waals surface area contributed by atoms with Crippen molar-refractivity contribution >= 4 is 33.2 Å². The molecule has 156 valence electrons. The number of amides is 1. The van der Waals surface area contributed by atoms with Gasteiger partial charge in [-0.3, -0.25) is 4.79 Å². The molecule has 0 bridgehead atoms. The number of rotatable bonds is 6. The van der Waals surface area contributed by atoms with Gasteiger partial charge in [0.15, 0.2) is 0 Å². The van der Waals surface area contributed by atoms with E-state index in [1.54, 1.807) is 11.0 Å². The average molecular weight is 441 g/mol. The number of benzene rings is 1. The van der Waals surface area contributed by atoms with Gasteiger partial charge in [0, 0.05) is 19.6 Å². The van der Waals surface area contributed by atoms with Gasteiger partial charge in [-0.25, -0.2) is 22.3 Å². The molecule has 0 aliphatic carbocycles. The minimum absolute atomic E-state index is 0.0327. The fraction of sp³-hybridized carbons (Fsp3) is 0.368. The first-order chi connectivity index (χ1) is 13.8. The van der Waals surface area contributed by atoms with Crippen LogP contribution in [0.4, 0.5) is 4.39 Å². The van der Waals surface area contributed by atoms with Gasteiger partial charge in [-0.2, -0.15) is 0 Å². The molecule has 7 nitrogen and oxygen atoms in total. The molecule has 1 N–H and O–H groups in total. The van der Waals surface area contributed by atoms with E-state index in [1.165, 1.54) is 36.8 Å². The molecule has 1 saturated heterocycles. The largest absolute Gasteiger partial charge is 0.465 e. The number of nitrogens with one attached hydrogen (secondary N) is 1. The zero-order valence-electron chi connectivity index (χ0n) is 15.8. The third-order valence-electron chi connectivity index (χ3n) is 4.86. The lowest BCUT2D eigenvalue weighted by molar-refractivity contribution is 0.0601. The van der Waals surface area contributed by atoms with Crippen LogP contribution in [0.5, 0.6) is 0 Å². The number of halogens is 1. The summed E-state index contributed by atoms with van der Waals surface area (Å²) in [7, 11) is -2.65. The number of esters is 1. The minimum atomic E-state index is -3.85. The first-order valence-electron chi connectivity index (χ1n) is 9.02. The third kappa shape index (κ3) is 4.82. The molecule has 1 aromatic carbocycles. The lowest BCUT2D eigenvalue weighted by Gasteiger charge is -2.32. The standard InChI is InChI=1S/C19H21FN2O5S2/c1-27-19(24)17-16(8-11-28-17)29(25,26)21-12-13-6-9-22(10-7-13)18(23)14-4-2-3-5-15(14)20/h2-5,8,11,13,21H,6-7,9-10,12H2,1H3. The topological polar surface area (TPSA) is 92.8 Å². The number of nitrogens with zero attached hydrogens (tertiary/aromatic N) is 1. The normalized spacial score (nSPS) is 15.3. The van der Waals surface area contributed by atoms with Crippen LogP contribution in [0.25, 0.3) is 0 Å². The van der Waals surface area contributed by atoms with Crippen molar-refractivity contribution in [1.82, 2.24) is 9.62 Å². The van der Waals surface area contributed by atoms with Crippen molar-refractivity contribution < 1.29 is 27.1 Å². The number of methoxy groups -OCH3 is 1. The number of piperidine rings is 1. The van der Waals surface area contributed by atoms with Gasteiger partial charge in [-0.1, -0.05) is 12.1 Å². The number of carbonyl (C=O) groups is 2. The fourth-order valence-corrected chi connectivity index (χ4v) is 5.65. The molecule has 10 heteroatoms. The third-order valence-corrected chi connectivity index (χ3v) is 7.35. The molecule has 1 aliphatic rings. The van der Waals surface area contributed by atoms with E-state index >= 15 is 0 Å². The van der Waals surface area contributed by atoms with Crippen molar-refractivity contribution in [3.05, 3.63) is 52.0 Å². The Hall–Kier alpha value is -2.30. The van der Waals surface area contributed by atoms with Crippen LogP contribution in [0.2, 0.25) is 0 Å².